The minimum Gasteiger partial charge on any atom is -0.388 e. The normalized spacial score (nSPS) is 22.4. The first kappa shape index (κ1) is 14.2. The van der Waals surface area contributed by atoms with Crippen LogP contribution in [0.3, 0.4) is 0 Å². The lowest BCUT2D eigenvalue weighted by atomic mass is 9.90. The van der Waals surface area contributed by atoms with E-state index in [9.17, 15) is 5.11 Å². The van der Waals surface area contributed by atoms with Gasteiger partial charge in [-0.25, -0.2) is 0 Å². The molecule has 17 heavy (non-hydrogen) atoms. The van der Waals surface area contributed by atoms with Crippen LogP contribution in [0.5, 0.6) is 0 Å². The fraction of sp³-hybridized carbons (Fsp3) is 0.625. The highest BCUT2D eigenvalue weighted by Gasteiger charge is 2.15. The zero-order valence-electron chi connectivity index (χ0n) is 11.4. The number of hydrogen-bond acceptors (Lipinski definition) is 1. The third-order valence-corrected chi connectivity index (χ3v) is 3.28. The third-order valence-electron chi connectivity index (χ3n) is 3.28. The van der Waals surface area contributed by atoms with Gasteiger partial charge in [0.1, 0.15) is 0 Å². The fourth-order valence-electron chi connectivity index (χ4n) is 2.21. The first-order valence-corrected chi connectivity index (χ1v) is 6.75. The molecule has 0 aromatic carbocycles. The second-order valence-corrected chi connectivity index (χ2v) is 5.35. The van der Waals surface area contributed by atoms with Gasteiger partial charge in [-0.15, -0.1) is 0 Å². The largest absolute Gasteiger partial charge is 0.388 e. The van der Waals surface area contributed by atoms with Crippen LogP contribution in [0, 0.1) is 5.92 Å². The Labute approximate surface area is 106 Å². The Balaban J connectivity index is 2.41. The molecule has 0 fully saturated rings. The first-order chi connectivity index (χ1) is 8.09. The minimum atomic E-state index is -0.293. The molecule has 1 heteroatoms. The van der Waals surface area contributed by atoms with Crippen LogP contribution in [0.2, 0.25) is 0 Å². The van der Waals surface area contributed by atoms with Crippen LogP contribution in [0.15, 0.2) is 35.5 Å². The highest BCUT2D eigenvalue weighted by atomic mass is 16.3. The highest BCUT2D eigenvalue weighted by molar-refractivity contribution is 5.09. The van der Waals surface area contributed by atoms with E-state index in [-0.39, 0.29) is 6.10 Å². The Hall–Kier alpha value is -0.820. The van der Waals surface area contributed by atoms with Crippen LogP contribution >= 0.6 is 0 Å². The van der Waals surface area contributed by atoms with Crippen molar-refractivity contribution in [3.8, 4) is 0 Å². The standard InChI is InChI=1S/C16H26O/c1-13(2)8-7-9-14(3)12-16(17)15-10-5-4-6-11-15/h5,8,10,12,15-17H,4,6-7,9,11H2,1-3H3/b14-12+. The van der Waals surface area contributed by atoms with Crippen molar-refractivity contribution in [1.29, 1.82) is 0 Å². The van der Waals surface area contributed by atoms with E-state index in [1.54, 1.807) is 0 Å². The lowest BCUT2D eigenvalue weighted by Crippen LogP contribution is -2.18. The lowest BCUT2D eigenvalue weighted by Gasteiger charge is -2.20. The molecule has 0 aliphatic heterocycles. The van der Waals surface area contributed by atoms with Crippen LogP contribution in [-0.2, 0) is 0 Å². The van der Waals surface area contributed by atoms with Crippen molar-refractivity contribution in [2.75, 3.05) is 0 Å². The summed E-state index contributed by atoms with van der Waals surface area (Å²) in [5.74, 6) is 0.335. The van der Waals surface area contributed by atoms with Crippen molar-refractivity contribution in [1.82, 2.24) is 0 Å². The number of rotatable bonds is 5. The molecule has 0 amide bonds. The maximum absolute atomic E-state index is 10.1. The summed E-state index contributed by atoms with van der Waals surface area (Å²) in [6.07, 6.45) is 14.0. The van der Waals surface area contributed by atoms with Crippen molar-refractivity contribution in [2.45, 2.75) is 59.0 Å². The van der Waals surface area contributed by atoms with Gasteiger partial charge in [-0.1, -0.05) is 35.5 Å². The van der Waals surface area contributed by atoms with Crippen LogP contribution < -0.4 is 0 Å². The molecule has 2 unspecified atom stereocenters. The molecule has 1 aliphatic carbocycles. The fourth-order valence-corrected chi connectivity index (χ4v) is 2.21. The topological polar surface area (TPSA) is 20.2 Å². The van der Waals surface area contributed by atoms with Gasteiger partial charge in [0, 0.05) is 5.92 Å². The molecule has 0 bridgehead atoms. The molecule has 1 aliphatic rings. The summed E-state index contributed by atoms with van der Waals surface area (Å²) in [6, 6.07) is 0. The minimum absolute atomic E-state index is 0.293. The molecular weight excluding hydrogens is 208 g/mol. The second-order valence-electron chi connectivity index (χ2n) is 5.35. The van der Waals surface area contributed by atoms with E-state index in [0.29, 0.717) is 5.92 Å². The van der Waals surface area contributed by atoms with E-state index >= 15 is 0 Å². The van der Waals surface area contributed by atoms with Crippen molar-refractivity contribution in [2.24, 2.45) is 5.92 Å². The van der Waals surface area contributed by atoms with E-state index < -0.39 is 0 Å². The van der Waals surface area contributed by atoms with Crippen molar-refractivity contribution >= 4 is 0 Å². The summed E-state index contributed by atoms with van der Waals surface area (Å²) < 4.78 is 0. The number of aliphatic hydroxyl groups is 1. The Morgan fingerprint density at radius 3 is 2.76 bits per heavy atom. The van der Waals surface area contributed by atoms with Gasteiger partial charge in [0.2, 0.25) is 0 Å². The number of aliphatic hydroxyl groups excluding tert-OH is 1. The molecular formula is C16H26O. The van der Waals surface area contributed by atoms with E-state index in [0.717, 1.165) is 19.3 Å². The third kappa shape index (κ3) is 5.88. The Kier molecular flexibility index (Phi) is 6.28. The molecule has 0 aromatic rings. The molecule has 0 spiro atoms. The second kappa shape index (κ2) is 7.50. The molecule has 1 rings (SSSR count). The molecule has 0 heterocycles. The van der Waals surface area contributed by atoms with Crippen molar-refractivity contribution < 1.29 is 5.11 Å². The molecule has 0 aromatic heterocycles. The smallest absolute Gasteiger partial charge is 0.0785 e. The first-order valence-electron chi connectivity index (χ1n) is 6.75. The summed E-state index contributed by atoms with van der Waals surface area (Å²) >= 11 is 0. The summed E-state index contributed by atoms with van der Waals surface area (Å²) in [4.78, 5) is 0. The summed E-state index contributed by atoms with van der Waals surface area (Å²) in [5, 5.41) is 10.1. The lowest BCUT2D eigenvalue weighted by molar-refractivity contribution is 0.166. The average molecular weight is 234 g/mol. The van der Waals surface area contributed by atoms with Gasteiger partial charge >= 0.3 is 0 Å². The summed E-state index contributed by atoms with van der Waals surface area (Å²) in [5.41, 5.74) is 2.67. The van der Waals surface area contributed by atoms with Gasteiger partial charge in [-0.3, -0.25) is 0 Å². The zero-order chi connectivity index (χ0) is 12.7. The highest BCUT2D eigenvalue weighted by Crippen LogP contribution is 2.22. The summed E-state index contributed by atoms with van der Waals surface area (Å²) in [6.45, 7) is 6.37. The SMILES string of the molecule is CC(C)=CCC/C(C)=C/C(O)C1C=CCCC1. The summed E-state index contributed by atoms with van der Waals surface area (Å²) in [7, 11) is 0. The molecule has 0 saturated carbocycles. The maximum atomic E-state index is 10.1. The monoisotopic (exact) mass is 234 g/mol. The van der Waals surface area contributed by atoms with Crippen molar-refractivity contribution in [3.05, 3.63) is 35.5 Å². The predicted molar refractivity (Wildman–Crippen MR) is 74.9 cm³/mol. The molecule has 2 atom stereocenters. The van der Waals surface area contributed by atoms with Gasteiger partial charge < -0.3 is 5.11 Å². The van der Waals surface area contributed by atoms with Crippen LogP contribution in [0.4, 0.5) is 0 Å². The van der Waals surface area contributed by atoms with E-state index in [2.05, 4.69) is 39.0 Å². The molecule has 0 saturated heterocycles. The Bertz CT molecular complexity index is 305. The molecule has 1 N–H and O–H groups in total. The van der Waals surface area contributed by atoms with Gasteiger partial charge in [0.25, 0.3) is 0 Å². The van der Waals surface area contributed by atoms with Crippen LogP contribution in [0.25, 0.3) is 0 Å². The van der Waals surface area contributed by atoms with E-state index in [1.807, 2.05) is 6.08 Å². The van der Waals surface area contributed by atoms with Crippen LogP contribution in [0.1, 0.15) is 52.9 Å². The van der Waals surface area contributed by atoms with Gasteiger partial charge in [0.15, 0.2) is 0 Å². The maximum Gasteiger partial charge on any atom is 0.0785 e. The van der Waals surface area contributed by atoms with E-state index in [1.165, 1.54) is 24.0 Å². The van der Waals surface area contributed by atoms with Crippen molar-refractivity contribution in [3.63, 3.8) is 0 Å². The number of hydrogen-bond donors (Lipinski definition) is 1. The molecule has 0 radical (unpaired) electrons. The average Bonchev–Trinajstić information content (AvgIpc) is 2.29. The predicted octanol–water partition coefficient (Wildman–Crippen LogP) is 4.40. The van der Waals surface area contributed by atoms with Gasteiger partial charge in [-0.2, -0.15) is 0 Å². The van der Waals surface area contributed by atoms with E-state index in [4.69, 9.17) is 0 Å². The number of allylic oxidation sites excluding steroid dienone is 4. The molecule has 1 nitrogen and oxygen atoms in total. The zero-order valence-corrected chi connectivity index (χ0v) is 11.4. The quantitative estimate of drug-likeness (QED) is 0.699. The molecule has 96 valence electrons. The Morgan fingerprint density at radius 1 is 1.41 bits per heavy atom. The van der Waals surface area contributed by atoms with Gasteiger partial charge in [-0.05, 0) is 52.9 Å². The Morgan fingerprint density at radius 2 is 2.18 bits per heavy atom. The van der Waals surface area contributed by atoms with Crippen LogP contribution in [-0.4, -0.2) is 11.2 Å². The van der Waals surface area contributed by atoms with Gasteiger partial charge in [0.05, 0.1) is 6.10 Å².